The Bertz CT molecular complexity index is 1160. The largest absolute Gasteiger partial charge is 0.481 e. The molecule has 3 heterocycles. The van der Waals surface area contributed by atoms with Crippen LogP contribution in [0.15, 0.2) is 30.5 Å². The predicted octanol–water partition coefficient (Wildman–Crippen LogP) is 5.67. The van der Waals surface area contributed by atoms with Crippen molar-refractivity contribution in [3.63, 3.8) is 0 Å². The van der Waals surface area contributed by atoms with E-state index in [0.717, 1.165) is 45.1 Å². The van der Waals surface area contributed by atoms with E-state index < -0.39 is 0 Å². The molecule has 0 spiro atoms. The quantitative estimate of drug-likeness (QED) is 0.509. The number of aromatic nitrogens is 3. The van der Waals surface area contributed by atoms with Crippen LogP contribution in [-0.4, -0.2) is 59.5 Å². The number of benzene rings is 1. The molecule has 2 aliphatic carbocycles. The third-order valence-corrected chi connectivity index (χ3v) is 8.94. The van der Waals surface area contributed by atoms with Gasteiger partial charge in [-0.2, -0.15) is 5.10 Å². The Kier molecular flexibility index (Phi) is 6.00. The number of pyridine rings is 1. The van der Waals surface area contributed by atoms with Crippen molar-refractivity contribution in [2.75, 3.05) is 27.3 Å². The number of ether oxygens (including phenoxy) is 2. The van der Waals surface area contributed by atoms with Crippen molar-refractivity contribution in [1.82, 2.24) is 20.1 Å². The van der Waals surface area contributed by atoms with Crippen molar-refractivity contribution in [2.24, 2.45) is 11.8 Å². The topological polar surface area (TPSA) is 63.3 Å². The molecule has 2 saturated carbocycles. The number of likely N-dealkylation sites (tertiary alicyclic amines) is 1. The summed E-state index contributed by atoms with van der Waals surface area (Å²) in [5.41, 5.74) is 4.16. The minimum Gasteiger partial charge on any atom is -0.481 e. The minimum absolute atomic E-state index is 0.473. The molecule has 6 rings (SSSR count). The molecular weight excluding hydrogens is 448 g/mol. The Balaban J connectivity index is 1.20. The second-order valence-electron chi connectivity index (χ2n) is 10.4. The van der Waals surface area contributed by atoms with E-state index in [1.807, 2.05) is 19.2 Å². The second-order valence-corrected chi connectivity index (χ2v) is 10.8. The summed E-state index contributed by atoms with van der Waals surface area (Å²) >= 11 is 6.82. The number of hydrogen-bond donors (Lipinski definition) is 1. The first-order valence-electron chi connectivity index (χ1n) is 12.6. The summed E-state index contributed by atoms with van der Waals surface area (Å²) in [6.45, 7) is 2.49. The fourth-order valence-corrected chi connectivity index (χ4v) is 7.11. The summed E-state index contributed by atoms with van der Waals surface area (Å²) in [4.78, 5) is 7.02. The molecule has 1 aromatic carbocycles. The number of nitrogens with one attached hydrogen (secondary N) is 1. The summed E-state index contributed by atoms with van der Waals surface area (Å²) in [5, 5.41) is 9.73. The number of aromatic amines is 1. The normalized spacial score (nSPS) is 29.6. The van der Waals surface area contributed by atoms with Gasteiger partial charge in [0.2, 0.25) is 5.88 Å². The van der Waals surface area contributed by atoms with Crippen LogP contribution in [0.5, 0.6) is 5.88 Å². The third-order valence-electron chi connectivity index (χ3n) is 8.61. The number of methoxy groups -OCH3 is 2. The first kappa shape index (κ1) is 22.3. The number of hydrogen-bond acceptors (Lipinski definition) is 5. The van der Waals surface area contributed by atoms with Gasteiger partial charge in [-0.15, -0.1) is 0 Å². The van der Waals surface area contributed by atoms with Crippen LogP contribution < -0.4 is 4.74 Å². The minimum atomic E-state index is 0.473. The van der Waals surface area contributed by atoms with Crippen LogP contribution in [0, 0.1) is 11.8 Å². The molecule has 34 heavy (non-hydrogen) atoms. The lowest BCUT2D eigenvalue weighted by molar-refractivity contribution is 0.0420. The number of nitrogens with zero attached hydrogens (tertiary/aromatic N) is 3. The van der Waals surface area contributed by atoms with Gasteiger partial charge in [-0.25, -0.2) is 4.98 Å². The van der Waals surface area contributed by atoms with Crippen molar-refractivity contribution in [3.8, 4) is 17.1 Å². The van der Waals surface area contributed by atoms with E-state index in [9.17, 15) is 0 Å². The van der Waals surface area contributed by atoms with Gasteiger partial charge in [-0.1, -0.05) is 11.6 Å². The van der Waals surface area contributed by atoms with Crippen molar-refractivity contribution in [1.29, 1.82) is 0 Å². The number of halogens is 1. The van der Waals surface area contributed by atoms with Crippen molar-refractivity contribution in [3.05, 3.63) is 41.0 Å². The van der Waals surface area contributed by atoms with Gasteiger partial charge in [0.25, 0.3) is 0 Å². The second kappa shape index (κ2) is 9.14. The van der Waals surface area contributed by atoms with Crippen LogP contribution in [-0.2, 0) is 4.74 Å². The molecule has 7 heteroatoms. The van der Waals surface area contributed by atoms with Crippen LogP contribution in [0.2, 0.25) is 5.02 Å². The van der Waals surface area contributed by atoms with Crippen LogP contribution in [0.4, 0.5) is 0 Å². The van der Waals surface area contributed by atoms with E-state index in [0.29, 0.717) is 17.9 Å². The molecule has 2 aromatic heterocycles. The Morgan fingerprint density at radius 1 is 1.03 bits per heavy atom. The highest BCUT2D eigenvalue weighted by atomic mass is 35.5. The van der Waals surface area contributed by atoms with Gasteiger partial charge in [0.1, 0.15) is 5.69 Å². The molecule has 3 aliphatic rings. The van der Waals surface area contributed by atoms with E-state index in [1.165, 1.54) is 57.2 Å². The number of fused-ring (bicyclic) bond motifs is 2. The third kappa shape index (κ3) is 4.00. The fourth-order valence-electron chi connectivity index (χ4n) is 6.79. The monoisotopic (exact) mass is 480 g/mol. The smallest absolute Gasteiger partial charge is 0.213 e. The Labute approximate surface area is 206 Å². The van der Waals surface area contributed by atoms with Crippen LogP contribution in [0.25, 0.3) is 22.2 Å². The molecule has 1 N–H and O–H groups in total. The summed E-state index contributed by atoms with van der Waals surface area (Å²) in [5.74, 6) is 2.68. The Hall–Kier alpha value is -2.15. The SMILES string of the molecule is COc1cc(-c2n[nH]c3cc(Cl)c(C4C[C@@H]5CN(C6CCC(OC)CC6)C[C@@H]5C4)cc23)ccn1. The fraction of sp³-hybridized carbons (Fsp3) is 0.556. The van der Waals surface area contributed by atoms with E-state index in [1.54, 1.807) is 13.3 Å². The van der Waals surface area contributed by atoms with Gasteiger partial charge in [0.05, 0.1) is 18.7 Å². The molecule has 0 amide bonds. The summed E-state index contributed by atoms with van der Waals surface area (Å²) in [6.07, 6.45) is 9.69. The molecule has 0 radical (unpaired) electrons. The molecule has 1 saturated heterocycles. The van der Waals surface area contributed by atoms with Gasteiger partial charge in [0.15, 0.2) is 0 Å². The zero-order chi connectivity index (χ0) is 23.2. The van der Waals surface area contributed by atoms with E-state index in [-0.39, 0.29) is 0 Å². The summed E-state index contributed by atoms with van der Waals surface area (Å²) in [6, 6.07) is 8.98. The maximum Gasteiger partial charge on any atom is 0.213 e. The molecule has 180 valence electrons. The highest BCUT2D eigenvalue weighted by molar-refractivity contribution is 6.32. The average Bonchev–Trinajstić information content (AvgIpc) is 3.56. The predicted molar refractivity (Wildman–Crippen MR) is 134 cm³/mol. The molecule has 6 nitrogen and oxygen atoms in total. The summed E-state index contributed by atoms with van der Waals surface area (Å²) < 4.78 is 10.9. The molecule has 3 aromatic rings. The average molecular weight is 481 g/mol. The van der Waals surface area contributed by atoms with Gasteiger partial charge in [0, 0.05) is 54.5 Å². The van der Waals surface area contributed by atoms with Gasteiger partial charge in [-0.3, -0.25) is 10.00 Å². The van der Waals surface area contributed by atoms with Crippen LogP contribution in [0.3, 0.4) is 0 Å². The molecule has 1 aliphatic heterocycles. The molecule has 3 fully saturated rings. The lowest BCUT2D eigenvalue weighted by Gasteiger charge is -2.34. The molecular formula is C27H33ClN4O2. The zero-order valence-corrected chi connectivity index (χ0v) is 20.7. The van der Waals surface area contributed by atoms with E-state index >= 15 is 0 Å². The number of H-pyrrole nitrogens is 1. The van der Waals surface area contributed by atoms with Gasteiger partial charge in [-0.05, 0) is 80.0 Å². The van der Waals surface area contributed by atoms with E-state index in [4.69, 9.17) is 21.1 Å². The standard InChI is InChI=1S/C27H33ClN4O2/c1-33-21-5-3-20(4-6-21)32-14-18-9-17(10-19(18)15-32)22-12-23-25(13-24(22)28)30-31-27(23)16-7-8-29-26(11-16)34-2/h7-8,11-13,17-21H,3-6,9-10,14-15H2,1-2H3,(H,30,31)/t17?,18-,19+,20?,21?. The zero-order valence-electron chi connectivity index (χ0n) is 20.0. The van der Waals surface area contributed by atoms with Crippen LogP contribution in [0.1, 0.15) is 50.0 Å². The first-order valence-corrected chi connectivity index (χ1v) is 13.0. The lowest BCUT2D eigenvalue weighted by atomic mass is 9.91. The highest BCUT2D eigenvalue weighted by Crippen LogP contribution is 2.49. The first-order chi connectivity index (χ1) is 16.6. The van der Waals surface area contributed by atoms with Gasteiger partial charge >= 0.3 is 0 Å². The lowest BCUT2D eigenvalue weighted by Crippen LogP contribution is -2.38. The molecule has 0 bridgehead atoms. The van der Waals surface area contributed by atoms with Gasteiger partial charge < -0.3 is 9.47 Å². The van der Waals surface area contributed by atoms with Crippen LogP contribution >= 0.6 is 11.6 Å². The molecule has 3 atom stereocenters. The van der Waals surface area contributed by atoms with Crippen molar-refractivity contribution < 1.29 is 9.47 Å². The summed E-state index contributed by atoms with van der Waals surface area (Å²) in [7, 11) is 3.49. The highest BCUT2D eigenvalue weighted by Gasteiger charge is 2.44. The van der Waals surface area contributed by atoms with Crippen molar-refractivity contribution >= 4 is 22.5 Å². The Morgan fingerprint density at radius 3 is 2.50 bits per heavy atom. The number of rotatable bonds is 5. The maximum atomic E-state index is 6.82. The van der Waals surface area contributed by atoms with Crippen molar-refractivity contribution in [2.45, 2.75) is 56.6 Å². The Morgan fingerprint density at radius 2 is 1.79 bits per heavy atom. The molecule has 1 unspecified atom stereocenters. The maximum absolute atomic E-state index is 6.82. The van der Waals surface area contributed by atoms with E-state index in [2.05, 4.69) is 32.2 Å².